The Morgan fingerprint density at radius 1 is 1.11 bits per heavy atom. The highest BCUT2D eigenvalue weighted by molar-refractivity contribution is 5.81. The molecule has 0 unspecified atom stereocenters. The molecule has 0 radical (unpaired) electrons. The summed E-state index contributed by atoms with van der Waals surface area (Å²) in [5.41, 5.74) is 7.67. The molecule has 5 nitrogen and oxygen atoms in total. The van der Waals surface area contributed by atoms with Gasteiger partial charge in [-0.2, -0.15) is 5.10 Å². The average Bonchev–Trinajstić information content (AvgIpc) is 2.87. The van der Waals surface area contributed by atoms with Crippen LogP contribution in [0.15, 0.2) is 42.9 Å². The maximum atomic E-state index is 5.50. The molecule has 0 aliphatic rings. The lowest BCUT2D eigenvalue weighted by Crippen LogP contribution is -2.04. The van der Waals surface area contributed by atoms with E-state index < -0.39 is 0 Å². The number of hydrogen-bond donors (Lipinski definition) is 1. The van der Waals surface area contributed by atoms with Crippen LogP contribution in [0.25, 0.3) is 10.9 Å². The summed E-state index contributed by atoms with van der Waals surface area (Å²) < 4.78 is 1.80. The Kier molecular flexibility index (Phi) is 2.74. The Bertz CT molecular complexity index is 668. The lowest BCUT2D eigenvalue weighted by atomic mass is 10.1. The molecule has 2 N–H and O–H groups in total. The number of nitrogens with zero attached hydrogens (tertiary/aromatic N) is 4. The molecule has 3 aromatic rings. The summed E-state index contributed by atoms with van der Waals surface area (Å²) in [6.07, 6.45) is 3.52. The predicted molar refractivity (Wildman–Crippen MR) is 68.8 cm³/mol. The lowest BCUT2D eigenvalue weighted by Gasteiger charge is -2.05. The third-order valence-corrected chi connectivity index (χ3v) is 2.84. The van der Waals surface area contributed by atoms with E-state index in [2.05, 4.69) is 21.1 Å². The van der Waals surface area contributed by atoms with Crippen LogP contribution in [-0.2, 0) is 13.1 Å². The SMILES string of the molecule is NCc1ncn(Cc2ccnc3ccccc23)n1. The van der Waals surface area contributed by atoms with E-state index in [1.807, 2.05) is 30.5 Å². The molecule has 2 aromatic heterocycles. The smallest absolute Gasteiger partial charge is 0.164 e. The van der Waals surface area contributed by atoms with Crippen LogP contribution in [0, 0.1) is 0 Å². The number of fused-ring (bicyclic) bond motifs is 1. The molecule has 3 rings (SSSR count). The molecule has 0 bridgehead atoms. The van der Waals surface area contributed by atoms with Crippen LogP contribution < -0.4 is 5.73 Å². The number of para-hydroxylation sites is 1. The van der Waals surface area contributed by atoms with Crippen molar-refractivity contribution >= 4 is 10.9 Å². The zero-order valence-electron chi connectivity index (χ0n) is 9.82. The van der Waals surface area contributed by atoms with Crippen molar-refractivity contribution in [1.29, 1.82) is 0 Å². The minimum atomic E-state index is 0.365. The van der Waals surface area contributed by atoms with Crippen LogP contribution in [0.2, 0.25) is 0 Å². The van der Waals surface area contributed by atoms with Gasteiger partial charge in [-0.1, -0.05) is 18.2 Å². The average molecular weight is 239 g/mol. The topological polar surface area (TPSA) is 69.6 Å². The van der Waals surface area contributed by atoms with E-state index in [9.17, 15) is 0 Å². The monoisotopic (exact) mass is 239 g/mol. The predicted octanol–water partition coefficient (Wildman–Crippen LogP) is 1.33. The second kappa shape index (κ2) is 4.54. The van der Waals surface area contributed by atoms with Crippen LogP contribution in [0.3, 0.4) is 0 Å². The highest BCUT2D eigenvalue weighted by Crippen LogP contribution is 2.16. The third-order valence-electron chi connectivity index (χ3n) is 2.84. The van der Waals surface area contributed by atoms with E-state index in [1.54, 1.807) is 11.0 Å². The molecular weight excluding hydrogens is 226 g/mol. The molecule has 18 heavy (non-hydrogen) atoms. The Hall–Kier alpha value is -2.27. The van der Waals surface area contributed by atoms with Crippen molar-refractivity contribution in [3.8, 4) is 0 Å². The van der Waals surface area contributed by atoms with Crippen LogP contribution in [0.4, 0.5) is 0 Å². The Labute approximate surface area is 104 Å². The number of hydrogen-bond acceptors (Lipinski definition) is 4. The maximum absolute atomic E-state index is 5.50. The third kappa shape index (κ3) is 1.96. The number of aromatic nitrogens is 4. The van der Waals surface area contributed by atoms with Crippen LogP contribution >= 0.6 is 0 Å². The Morgan fingerprint density at radius 2 is 2.00 bits per heavy atom. The Morgan fingerprint density at radius 3 is 2.83 bits per heavy atom. The Balaban J connectivity index is 1.99. The van der Waals surface area contributed by atoms with Crippen LogP contribution in [0.5, 0.6) is 0 Å². The van der Waals surface area contributed by atoms with Crippen molar-refractivity contribution in [3.63, 3.8) is 0 Å². The van der Waals surface area contributed by atoms with Crippen molar-refractivity contribution in [2.45, 2.75) is 13.1 Å². The zero-order valence-corrected chi connectivity index (χ0v) is 9.82. The van der Waals surface area contributed by atoms with Crippen LogP contribution in [-0.4, -0.2) is 19.7 Å². The molecule has 90 valence electrons. The van der Waals surface area contributed by atoms with Gasteiger partial charge < -0.3 is 5.73 Å². The molecule has 0 fully saturated rings. The van der Waals surface area contributed by atoms with Crippen molar-refractivity contribution in [2.24, 2.45) is 5.73 Å². The van der Waals surface area contributed by atoms with Gasteiger partial charge in [0.15, 0.2) is 5.82 Å². The van der Waals surface area contributed by atoms with E-state index in [0.717, 1.165) is 10.9 Å². The maximum Gasteiger partial charge on any atom is 0.164 e. The first-order valence-corrected chi connectivity index (χ1v) is 5.78. The molecule has 2 heterocycles. The highest BCUT2D eigenvalue weighted by atomic mass is 15.3. The first kappa shape index (κ1) is 10.9. The number of pyridine rings is 1. The number of nitrogens with two attached hydrogens (primary N) is 1. The molecule has 0 aliphatic heterocycles. The van der Waals surface area contributed by atoms with Gasteiger partial charge in [0, 0.05) is 11.6 Å². The first-order valence-electron chi connectivity index (χ1n) is 5.78. The summed E-state index contributed by atoms with van der Waals surface area (Å²) >= 11 is 0. The van der Waals surface area contributed by atoms with Gasteiger partial charge in [0.25, 0.3) is 0 Å². The number of rotatable bonds is 3. The molecule has 0 spiro atoms. The molecule has 5 heteroatoms. The summed E-state index contributed by atoms with van der Waals surface area (Å²) in [4.78, 5) is 8.46. The van der Waals surface area contributed by atoms with E-state index in [4.69, 9.17) is 5.73 Å². The summed E-state index contributed by atoms with van der Waals surface area (Å²) in [6.45, 7) is 1.04. The van der Waals surface area contributed by atoms with Gasteiger partial charge in [0.1, 0.15) is 6.33 Å². The fourth-order valence-electron chi connectivity index (χ4n) is 1.97. The molecule has 1 aromatic carbocycles. The van der Waals surface area contributed by atoms with Crippen molar-refractivity contribution < 1.29 is 0 Å². The minimum absolute atomic E-state index is 0.365. The zero-order chi connectivity index (χ0) is 12.4. The van der Waals surface area contributed by atoms with Gasteiger partial charge in [0.05, 0.1) is 18.6 Å². The highest BCUT2D eigenvalue weighted by Gasteiger charge is 2.04. The molecule has 0 amide bonds. The largest absolute Gasteiger partial charge is 0.324 e. The summed E-state index contributed by atoms with van der Waals surface area (Å²) in [7, 11) is 0. The normalized spacial score (nSPS) is 10.9. The van der Waals surface area contributed by atoms with E-state index >= 15 is 0 Å². The van der Waals surface area contributed by atoms with E-state index in [0.29, 0.717) is 18.9 Å². The minimum Gasteiger partial charge on any atom is -0.324 e. The van der Waals surface area contributed by atoms with Crippen molar-refractivity contribution in [1.82, 2.24) is 19.7 Å². The van der Waals surface area contributed by atoms with Gasteiger partial charge in [-0.15, -0.1) is 0 Å². The van der Waals surface area contributed by atoms with Gasteiger partial charge in [0.2, 0.25) is 0 Å². The molecule has 0 atom stereocenters. The molecular formula is C13H13N5. The van der Waals surface area contributed by atoms with Crippen LogP contribution in [0.1, 0.15) is 11.4 Å². The summed E-state index contributed by atoms with van der Waals surface area (Å²) in [5.74, 6) is 0.661. The van der Waals surface area contributed by atoms with E-state index in [-0.39, 0.29) is 0 Å². The molecule has 0 saturated carbocycles. The molecule has 0 saturated heterocycles. The quantitative estimate of drug-likeness (QED) is 0.748. The van der Waals surface area contributed by atoms with Gasteiger partial charge in [-0.25, -0.2) is 9.67 Å². The van der Waals surface area contributed by atoms with Crippen molar-refractivity contribution in [3.05, 3.63) is 54.2 Å². The van der Waals surface area contributed by atoms with Gasteiger partial charge in [-0.05, 0) is 17.7 Å². The summed E-state index contributed by atoms with van der Waals surface area (Å²) in [5, 5.41) is 5.43. The fraction of sp³-hybridized carbons (Fsp3) is 0.154. The van der Waals surface area contributed by atoms with Gasteiger partial charge in [-0.3, -0.25) is 4.98 Å². The van der Waals surface area contributed by atoms with Crippen molar-refractivity contribution in [2.75, 3.05) is 0 Å². The van der Waals surface area contributed by atoms with Gasteiger partial charge >= 0.3 is 0 Å². The standard InChI is InChI=1S/C13H13N5/c14-7-13-16-9-18(17-13)8-10-5-6-15-12-4-2-1-3-11(10)12/h1-6,9H,7-8,14H2. The lowest BCUT2D eigenvalue weighted by molar-refractivity contribution is 0.674. The number of benzene rings is 1. The second-order valence-corrected chi connectivity index (χ2v) is 4.05. The molecule has 0 aliphatic carbocycles. The van der Waals surface area contributed by atoms with E-state index in [1.165, 1.54) is 5.56 Å². The fourth-order valence-corrected chi connectivity index (χ4v) is 1.97. The first-order chi connectivity index (χ1) is 8.86. The second-order valence-electron chi connectivity index (χ2n) is 4.05. The summed E-state index contributed by atoms with van der Waals surface area (Å²) in [6, 6.07) is 10.1.